The van der Waals surface area contributed by atoms with Gasteiger partial charge in [-0.25, -0.2) is 13.2 Å². The van der Waals surface area contributed by atoms with E-state index in [1.54, 1.807) is 4.90 Å². The molecular formula is C15H26N4O3S. The highest BCUT2D eigenvalue weighted by Gasteiger charge is 2.33. The number of likely N-dealkylation sites (tertiary alicyclic amines) is 1. The van der Waals surface area contributed by atoms with Crippen molar-refractivity contribution in [1.29, 1.82) is 0 Å². The molecule has 1 aliphatic rings. The SMILES string of the molecule is CC[C@H](NC(=O)N1CC[C@H](S(C)(=O)=O)C1)c1c(C)nn(C)c1C. The molecule has 0 bridgehead atoms. The Hall–Kier alpha value is -1.57. The van der Waals surface area contributed by atoms with Gasteiger partial charge in [0.15, 0.2) is 9.84 Å². The van der Waals surface area contributed by atoms with Crippen LogP contribution >= 0.6 is 0 Å². The van der Waals surface area contributed by atoms with Gasteiger partial charge in [-0.2, -0.15) is 5.10 Å². The zero-order chi connectivity index (χ0) is 17.4. The van der Waals surface area contributed by atoms with Crippen molar-refractivity contribution in [1.82, 2.24) is 20.0 Å². The number of hydrogen-bond acceptors (Lipinski definition) is 4. The highest BCUT2D eigenvalue weighted by Crippen LogP contribution is 2.24. The van der Waals surface area contributed by atoms with E-state index in [0.29, 0.717) is 13.0 Å². The van der Waals surface area contributed by atoms with Gasteiger partial charge in [0.1, 0.15) is 0 Å². The smallest absolute Gasteiger partial charge is 0.317 e. The molecule has 1 saturated heterocycles. The molecule has 2 rings (SSSR count). The summed E-state index contributed by atoms with van der Waals surface area (Å²) in [4.78, 5) is 14.1. The van der Waals surface area contributed by atoms with Crippen LogP contribution in [0.15, 0.2) is 0 Å². The van der Waals surface area contributed by atoms with Crippen LogP contribution in [0.2, 0.25) is 0 Å². The van der Waals surface area contributed by atoms with Crippen LogP contribution in [0, 0.1) is 13.8 Å². The number of sulfone groups is 1. The predicted octanol–water partition coefficient (Wildman–Crippen LogP) is 1.32. The Morgan fingerprint density at radius 3 is 2.52 bits per heavy atom. The fourth-order valence-corrected chi connectivity index (χ4v) is 4.16. The zero-order valence-electron chi connectivity index (χ0n) is 14.5. The summed E-state index contributed by atoms with van der Waals surface area (Å²) in [5, 5.41) is 6.98. The van der Waals surface area contributed by atoms with Gasteiger partial charge in [0, 0.05) is 37.7 Å². The molecule has 0 saturated carbocycles. The molecule has 0 spiro atoms. The largest absolute Gasteiger partial charge is 0.331 e. The normalized spacial score (nSPS) is 19.9. The quantitative estimate of drug-likeness (QED) is 0.894. The Morgan fingerprint density at radius 1 is 1.43 bits per heavy atom. The summed E-state index contributed by atoms with van der Waals surface area (Å²) in [5.41, 5.74) is 2.99. The van der Waals surface area contributed by atoms with Crippen molar-refractivity contribution in [2.24, 2.45) is 7.05 Å². The third-order valence-electron chi connectivity index (χ3n) is 4.66. The first-order chi connectivity index (χ1) is 10.6. The monoisotopic (exact) mass is 342 g/mol. The molecule has 23 heavy (non-hydrogen) atoms. The number of nitrogens with zero attached hydrogens (tertiary/aromatic N) is 3. The Kier molecular flexibility index (Phi) is 5.03. The third-order valence-corrected chi connectivity index (χ3v) is 6.25. The van der Waals surface area contributed by atoms with Crippen molar-refractivity contribution in [2.45, 2.75) is 44.9 Å². The van der Waals surface area contributed by atoms with Crippen LogP contribution in [-0.2, 0) is 16.9 Å². The van der Waals surface area contributed by atoms with E-state index in [2.05, 4.69) is 10.4 Å². The molecule has 0 aromatic carbocycles. The second-order valence-electron chi connectivity index (χ2n) is 6.30. The first kappa shape index (κ1) is 17.8. The maximum atomic E-state index is 12.5. The van der Waals surface area contributed by atoms with Crippen molar-refractivity contribution < 1.29 is 13.2 Å². The molecule has 1 aliphatic heterocycles. The summed E-state index contributed by atoms with van der Waals surface area (Å²) in [6.45, 7) is 6.68. The summed E-state index contributed by atoms with van der Waals surface area (Å²) in [6, 6.07) is -0.320. The lowest BCUT2D eigenvalue weighted by Gasteiger charge is -2.23. The second kappa shape index (κ2) is 6.51. The van der Waals surface area contributed by atoms with Gasteiger partial charge in [0.2, 0.25) is 0 Å². The first-order valence-electron chi connectivity index (χ1n) is 7.89. The standard InChI is InChI=1S/C15H26N4O3S/c1-6-13(14-10(2)17-18(4)11(14)3)16-15(20)19-8-7-12(9-19)23(5,21)22/h12-13H,6-9H2,1-5H3,(H,16,20)/t12-,13-/m0/s1. The molecule has 2 heterocycles. The van der Waals surface area contributed by atoms with Crippen LogP contribution in [0.5, 0.6) is 0 Å². The number of rotatable bonds is 4. The second-order valence-corrected chi connectivity index (χ2v) is 8.63. The van der Waals surface area contributed by atoms with Gasteiger partial charge in [-0.3, -0.25) is 4.68 Å². The average molecular weight is 342 g/mol. The fraction of sp³-hybridized carbons (Fsp3) is 0.733. The van der Waals surface area contributed by atoms with Crippen LogP contribution in [-0.4, -0.2) is 53.7 Å². The minimum Gasteiger partial charge on any atom is -0.331 e. The number of nitrogens with one attached hydrogen (secondary N) is 1. The number of carbonyl (C=O) groups is 1. The van der Waals surface area contributed by atoms with E-state index in [9.17, 15) is 13.2 Å². The van der Waals surface area contributed by atoms with Gasteiger partial charge in [-0.1, -0.05) is 6.92 Å². The summed E-state index contributed by atoms with van der Waals surface area (Å²) in [7, 11) is -1.21. The molecule has 8 heteroatoms. The molecule has 130 valence electrons. The Morgan fingerprint density at radius 2 is 2.09 bits per heavy atom. The topological polar surface area (TPSA) is 84.3 Å². The van der Waals surface area contributed by atoms with Crippen molar-refractivity contribution in [2.75, 3.05) is 19.3 Å². The maximum Gasteiger partial charge on any atom is 0.317 e. The van der Waals surface area contributed by atoms with E-state index in [-0.39, 0.29) is 18.6 Å². The lowest BCUT2D eigenvalue weighted by Crippen LogP contribution is -2.41. The average Bonchev–Trinajstić information content (AvgIpc) is 3.03. The van der Waals surface area contributed by atoms with Crippen molar-refractivity contribution >= 4 is 15.9 Å². The van der Waals surface area contributed by atoms with E-state index < -0.39 is 15.1 Å². The molecule has 0 radical (unpaired) electrons. The van der Waals surface area contributed by atoms with Crippen LogP contribution in [0.25, 0.3) is 0 Å². The van der Waals surface area contributed by atoms with Crippen molar-refractivity contribution in [3.63, 3.8) is 0 Å². The van der Waals surface area contributed by atoms with Gasteiger partial charge >= 0.3 is 6.03 Å². The summed E-state index contributed by atoms with van der Waals surface area (Å²) >= 11 is 0. The van der Waals surface area contributed by atoms with Gasteiger partial charge in [-0.05, 0) is 26.7 Å². The Bertz CT molecular complexity index is 696. The van der Waals surface area contributed by atoms with Gasteiger partial charge in [-0.15, -0.1) is 0 Å². The van der Waals surface area contributed by atoms with E-state index in [1.165, 1.54) is 6.26 Å². The molecule has 0 aliphatic carbocycles. The van der Waals surface area contributed by atoms with Crippen molar-refractivity contribution in [3.05, 3.63) is 17.0 Å². The van der Waals surface area contributed by atoms with Gasteiger partial charge < -0.3 is 10.2 Å². The number of carbonyl (C=O) groups excluding carboxylic acids is 1. The van der Waals surface area contributed by atoms with E-state index >= 15 is 0 Å². The van der Waals surface area contributed by atoms with E-state index in [1.807, 2.05) is 32.5 Å². The lowest BCUT2D eigenvalue weighted by molar-refractivity contribution is 0.204. The number of aryl methyl sites for hydroxylation is 2. The van der Waals surface area contributed by atoms with Crippen LogP contribution < -0.4 is 5.32 Å². The molecule has 2 amide bonds. The molecule has 1 aromatic rings. The van der Waals surface area contributed by atoms with Gasteiger partial charge in [0.05, 0.1) is 17.0 Å². The van der Waals surface area contributed by atoms with Gasteiger partial charge in [0.25, 0.3) is 0 Å². The maximum absolute atomic E-state index is 12.5. The van der Waals surface area contributed by atoms with E-state index in [4.69, 9.17) is 0 Å². The fourth-order valence-electron chi connectivity index (χ4n) is 3.18. The zero-order valence-corrected chi connectivity index (χ0v) is 15.3. The Labute approximate surface area is 138 Å². The highest BCUT2D eigenvalue weighted by atomic mass is 32.2. The number of aromatic nitrogens is 2. The Balaban J connectivity index is 2.09. The predicted molar refractivity (Wildman–Crippen MR) is 89.1 cm³/mol. The molecule has 7 nitrogen and oxygen atoms in total. The molecule has 0 unspecified atom stereocenters. The number of hydrogen-bond donors (Lipinski definition) is 1. The number of amides is 2. The summed E-state index contributed by atoms with van der Waals surface area (Å²) < 4.78 is 25.1. The van der Waals surface area contributed by atoms with E-state index in [0.717, 1.165) is 23.4 Å². The summed E-state index contributed by atoms with van der Waals surface area (Å²) in [5.74, 6) is 0. The van der Waals surface area contributed by atoms with Crippen LogP contribution in [0.3, 0.4) is 0 Å². The molecular weight excluding hydrogens is 316 g/mol. The highest BCUT2D eigenvalue weighted by molar-refractivity contribution is 7.91. The third kappa shape index (κ3) is 3.68. The number of urea groups is 1. The molecule has 1 N–H and O–H groups in total. The molecule has 1 aromatic heterocycles. The lowest BCUT2D eigenvalue weighted by atomic mass is 10.0. The molecule has 2 atom stereocenters. The van der Waals surface area contributed by atoms with Crippen molar-refractivity contribution in [3.8, 4) is 0 Å². The van der Waals surface area contributed by atoms with Crippen LogP contribution in [0.1, 0.15) is 42.8 Å². The summed E-state index contributed by atoms with van der Waals surface area (Å²) in [6.07, 6.45) is 2.49. The molecule has 1 fully saturated rings. The van der Waals surface area contributed by atoms with Crippen LogP contribution in [0.4, 0.5) is 4.79 Å². The minimum atomic E-state index is -3.10. The minimum absolute atomic E-state index is 0.117. The first-order valence-corrected chi connectivity index (χ1v) is 9.85.